The van der Waals surface area contributed by atoms with Crippen molar-refractivity contribution in [3.8, 4) is 17.2 Å². The van der Waals surface area contributed by atoms with Crippen molar-refractivity contribution in [2.75, 3.05) is 26.7 Å². The minimum Gasteiger partial charge on any atom is -0.508 e. The third kappa shape index (κ3) is 5.37. The molecule has 0 saturated heterocycles. The lowest BCUT2D eigenvalue weighted by Gasteiger charge is -2.40. The smallest absolute Gasteiger partial charge is 0.230 e. The van der Waals surface area contributed by atoms with Crippen molar-refractivity contribution in [1.29, 1.82) is 0 Å². The van der Waals surface area contributed by atoms with Crippen LogP contribution >= 0.6 is 0 Å². The maximum Gasteiger partial charge on any atom is 0.230 e. The molecule has 1 aliphatic carbocycles. The summed E-state index contributed by atoms with van der Waals surface area (Å²) in [5.74, 6) is 0.525. The Balaban J connectivity index is 0.000000176. The summed E-state index contributed by atoms with van der Waals surface area (Å²) in [5.41, 5.74) is 6.50. The molecule has 0 radical (unpaired) electrons. The second-order valence-corrected chi connectivity index (χ2v) is 11.8. The highest BCUT2D eigenvalue weighted by Crippen LogP contribution is 2.41. The van der Waals surface area contributed by atoms with Gasteiger partial charge in [0, 0.05) is 59.8 Å². The normalized spacial score (nSPS) is 18.1. The quantitative estimate of drug-likeness (QED) is 0.236. The van der Waals surface area contributed by atoms with Crippen LogP contribution in [0.1, 0.15) is 49.9 Å². The monoisotopic (exact) mass is 567 g/mol. The molecule has 42 heavy (non-hydrogen) atoms. The molecule has 0 unspecified atom stereocenters. The van der Waals surface area contributed by atoms with Gasteiger partial charge < -0.3 is 25.2 Å². The number of aromatic hydroxyl groups is 3. The Kier molecular flexibility index (Phi) is 8.06. The highest BCUT2D eigenvalue weighted by atomic mass is 16.3. The predicted octanol–water partition coefficient (Wildman–Crippen LogP) is 6.04. The summed E-state index contributed by atoms with van der Waals surface area (Å²) in [7, 11) is 2.15. The van der Waals surface area contributed by atoms with E-state index in [4.69, 9.17) is 0 Å². The fourth-order valence-corrected chi connectivity index (χ4v) is 6.46. The number of benzene rings is 3. The molecule has 220 valence electrons. The molecule has 4 aromatic rings. The highest BCUT2D eigenvalue weighted by Gasteiger charge is 2.36. The molecule has 4 N–H and O–H groups in total. The van der Waals surface area contributed by atoms with E-state index in [1.165, 1.54) is 33.7 Å². The number of likely N-dealkylation sites (N-methyl/N-ethyl adjacent to an activating group) is 1. The number of carbonyl (C=O) groups is 1. The average Bonchev–Trinajstić information content (AvgIpc) is 3.38. The van der Waals surface area contributed by atoms with Crippen molar-refractivity contribution in [2.24, 2.45) is 5.92 Å². The molecule has 1 amide bonds. The highest BCUT2D eigenvalue weighted by molar-refractivity contribution is 5.99. The van der Waals surface area contributed by atoms with E-state index in [1.807, 2.05) is 30.9 Å². The molecule has 1 aliphatic heterocycles. The van der Waals surface area contributed by atoms with Crippen LogP contribution in [0.15, 0.2) is 72.9 Å². The van der Waals surface area contributed by atoms with Crippen LogP contribution < -0.4 is 0 Å². The number of phenolic OH excluding ortho intramolecular Hbond substituents is 3. The van der Waals surface area contributed by atoms with Crippen LogP contribution in [-0.4, -0.2) is 68.7 Å². The molecular formula is C35H41N3O4. The van der Waals surface area contributed by atoms with Gasteiger partial charge in [-0.3, -0.25) is 9.69 Å². The largest absolute Gasteiger partial charge is 0.508 e. The van der Waals surface area contributed by atoms with Gasteiger partial charge in [-0.1, -0.05) is 50.3 Å². The van der Waals surface area contributed by atoms with Crippen LogP contribution in [0.4, 0.5) is 0 Å². The molecule has 2 aliphatic rings. The van der Waals surface area contributed by atoms with E-state index in [0.29, 0.717) is 6.04 Å². The lowest BCUT2D eigenvalue weighted by atomic mass is 9.77. The summed E-state index contributed by atoms with van der Waals surface area (Å²) in [6.07, 6.45) is 5.41. The van der Waals surface area contributed by atoms with E-state index in [2.05, 4.69) is 61.3 Å². The first-order valence-electron chi connectivity index (χ1n) is 14.7. The van der Waals surface area contributed by atoms with Crippen LogP contribution in [0.5, 0.6) is 17.2 Å². The van der Waals surface area contributed by atoms with Gasteiger partial charge in [-0.05, 0) is 73.8 Å². The summed E-state index contributed by atoms with van der Waals surface area (Å²) in [4.78, 5) is 20.6. The van der Waals surface area contributed by atoms with Crippen molar-refractivity contribution in [3.63, 3.8) is 0 Å². The standard InChI is InChI=1S/C20H25N3O.C15H16O3/c1-4-23(5-2)20(24)14-9-16-15-7-6-8-17-19(15)13(11-21-17)10-18(16)22(3)12-14;1-15(2,10-3-5-11(16)6-4-10)13-8-7-12(17)9-14(13)18/h6-9,11,14,18,21H,4-5,10,12H2,1-3H3;3-9,16-18H,1-2H3/t14-,18-;/m1./s1. The first-order chi connectivity index (χ1) is 20.0. The second kappa shape index (κ2) is 11.6. The number of H-pyrrole nitrogens is 1. The summed E-state index contributed by atoms with van der Waals surface area (Å²) in [5, 5.41) is 29.9. The van der Waals surface area contributed by atoms with E-state index < -0.39 is 5.41 Å². The number of nitrogens with one attached hydrogen (secondary N) is 1. The van der Waals surface area contributed by atoms with E-state index in [-0.39, 0.29) is 29.1 Å². The molecular weight excluding hydrogens is 526 g/mol. The predicted molar refractivity (Wildman–Crippen MR) is 168 cm³/mol. The lowest BCUT2D eigenvalue weighted by molar-refractivity contribution is -0.134. The third-order valence-corrected chi connectivity index (χ3v) is 8.90. The van der Waals surface area contributed by atoms with Gasteiger partial charge in [0.25, 0.3) is 0 Å². The molecule has 0 fully saturated rings. The molecule has 7 nitrogen and oxygen atoms in total. The van der Waals surface area contributed by atoms with E-state index in [0.717, 1.165) is 37.2 Å². The van der Waals surface area contributed by atoms with Gasteiger partial charge in [-0.25, -0.2) is 0 Å². The number of phenols is 3. The van der Waals surface area contributed by atoms with Gasteiger partial charge in [0.2, 0.25) is 5.91 Å². The van der Waals surface area contributed by atoms with Gasteiger partial charge in [-0.15, -0.1) is 0 Å². The van der Waals surface area contributed by atoms with Crippen molar-refractivity contribution in [1.82, 2.24) is 14.8 Å². The third-order valence-electron chi connectivity index (χ3n) is 8.90. The number of aromatic amines is 1. The first-order valence-corrected chi connectivity index (χ1v) is 14.7. The van der Waals surface area contributed by atoms with Gasteiger partial charge >= 0.3 is 0 Å². The SMILES string of the molecule is CC(C)(c1ccc(O)cc1)c1ccc(O)cc1O.CCN(CC)C(=O)[C@@H]1C=C2c3cccc4[nH]cc(c34)C[C@H]2N(C)C1. The van der Waals surface area contributed by atoms with Crippen molar-refractivity contribution in [3.05, 3.63) is 95.2 Å². The molecule has 0 bridgehead atoms. The minimum absolute atomic E-state index is 0.0396. The summed E-state index contributed by atoms with van der Waals surface area (Å²) < 4.78 is 0. The van der Waals surface area contributed by atoms with Crippen LogP contribution in [0.2, 0.25) is 0 Å². The van der Waals surface area contributed by atoms with E-state index in [1.54, 1.807) is 24.3 Å². The fraction of sp³-hybridized carbons (Fsp3) is 0.343. The molecule has 2 atom stereocenters. The molecule has 0 spiro atoms. The fourth-order valence-electron chi connectivity index (χ4n) is 6.46. The van der Waals surface area contributed by atoms with Crippen molar-refractivity contribution in [2.45, 2.75) is 45.6 Å². The Morgan fingerprint density at radius 2 is 1.69 bits per heavy atom. The van der Waals surface area contributed by atoms with Crippen LogP contribution in [0, 0.1) is 5.92 Å². The number of hydrogen-bond acceptors (Lipinski definition) is 5. The summed E-state index contributed by atoms with van der Waals surface area (Å²) in [6, 6.07) is 18.3. The molecule has 0 saturated carbocycles. The Morgan fingerprint density at radius 3 is 2.36 bits per heavy atom. The van der Waals surface area contributed by atoms with E-state index in [9.17, 15) is 20.1 Å². The summed E-state index contributed by atoms with van der Waals surface area (Å²) >= 11 is 0. The second-order valence-electron chi connectivity index (χ2n) is 11.8. The van der Waals surface area contributed by atoms with Gasteiger partial charge in [0.15, 0.2) is 0 Å². The number of amides is 1. The summed E-state index contributed by atoms with van der Waals surface area (Å²) in [6.45, 7) is 10.4. The molecule has 3 aromatic carbocycles. The zero-order valence-electron chi connectivity index (χ0n) is 25.1. The van der Waals surface area contributed by atoms with E-state index >= 15 is 0 Å². The van der Waals surface area contributed by atoms with Crippen molar-refractivity contribution < 1.29 is 20.1 Å². The Morgan fingerprint density at radius 1 is 1.00 bits per heavy atom. The number of rotatable bonds is 5. The Labute approximate surface area is 247 Å². The maximum absolute atomic E-state index is 12.9. The van der Waals surface area contributed by atoms with Crippen LogP contribution in [0.25, 0.3) is 16.5 Å². The molecule has 2 heterocycles. The number of aromatic nitrogens is 1. The number of carbonyl (C=O) groups excluding carboxylic acids is 1. The minimum atomic E-state index is -0.411. The van der Waals surface area contributed by atoms with Crippen LogP contribution in [-0.2, 0) is 16.6 Å². The van der Waals surface area contributed by atoms with Gasteiger partial charge in [0.1, 0.15) is 17.2 Å². The average molecular weight is 568 g/mol. The molecule has 1 aromatic heterocycles. The molecule has 6 rings (SSSR count). The van der Waals surface area contributed by atoms with Crippen molar-refractivity contribution >= 4 is 22.4 Å². The van der Waals surface area contributed by atoms with Crippen LogP contribution in [0.3, 0.4) is 0 Å². The lowest BCUT2D eigenvalue weighted by Crippen LogP contribution is -2.47. The number of fused-ring (bicyclic) bond motifs is 2. The topological polar surface area (TPSA) is 100 Å². The first kappa shape index (κ1) is 29.3. The Hall–Kier alpha value is -4.23. The zero-order chi connectivity index (χ0) is 30.2. The zero-order valence-corrected chi connectivity index (χ0v) is 25.1. The maximum atomic E-state index is 12.9. The van der Waals surface area contributed by atoms with Gasteiger partial charge in [0.05, 0.1) is 5.92 Å². The van der Waals surface area contributed by atoms with Gasteiger partial charge in [-0.2, -0.15) is 0 Å². The molecule has 7 heteroatoms. The number of nitrogens with zero attached hydrogens (tertiary/aromatic N) is 2. The Bertz CT molecular complexity index is 1620. The number of hydrogen-bond donors (Lipinski definition) is 4.